The molecule has 1 unspecified atom stereocenters. The monoisotopic (exact) mass is 246 g/mol. The summed E-state index contributed by atoms with van der Waals surface area (Å²) in [4.78, 5) is 2.40. The molecular weight excluding hydrogens is 220 g/mol. The van der Waals surface area contributed by atoms with Gasteiger partial charge in [-0.1, -0.05) is 23.8 Å². The van der Waals surface area contributed by atoms with Crippen LogP contribution in [0.15, 0.2) is 18.2 Å². The van der Waals surface area contributed by atoms with Gasteiger partial charge in [-0.3, -0.25) is 0 Å². The molecule has 2 rings (SSSR count). The SMILES string of the molecule is Cc1ccc(C(C2CCNCC2)N(C)C)c(C)c1. The predicted molar refractivity (Wildman–Crippen MR) is 77.9 cm³/mol. The van der Waals surface area contributed by atoms with Crippen molar-refractivity contribution in [2.45, 2.75) is 32.7 Å². The Kier molecular flexibility index (Phi) is 4.41. The Balaban J connectivity index is 2.28. The highest BCUT2D eigenvalue weighted by Crippen LogP contribution is 2.34. The minimum absolute atomic E-state index is 0.563. The van der Waals surface area contributed by atoms with Crippen molar-refractivity contribution in [3.05, 3.63) is 34.9 Å². The fraction of sp³-hybridized carbons (Fsp3) is 0.625. The zero-order valence-electron chi connectivity index (χ0n) is 12.2. The van der Waals surface area contributed by atoms with Gasteiger partial charge in [-0.2, -0.15) is 0 Å². The number of rotatable bonds is 3. The van der Waals surface area contributed by atoms with Gasteiger partial charge in [0.1, 0.15) is 0 Å². The highest BCUT2D eigenvalue weighted by atomic mass is 15.1. The smallest absolute Gasteiger partial charge is 0.0373 e. The molecular formula is C16H26N2. The van der Waals surface area contributed by atoms with Crippen LogP contribution in [0.25, 0.3) is 0 Å². The molecule has 1 aliphatic rings. The van der Waals surface area contributed by atoms with Crippen LogP contribution in [0.3, 0.4) is 0 Å². The van der Waals surface area contributed by atoms with Crippen LogP contribution in [0.4, 0.5) is 0 Å². The summed E-state index contributed by atoms with van der Waals surface area (Å²) in [6, 6.07) is 7.46. The maximum absolute atomic E-state index is 3.47. The van der Waals surface area contributed by atoms with Gasteiger partial charge in [-0.05, 0) is 70.9 Å². The zero-order valence-corrected chi connectivity index (χ0v) is 12.2. The number of hydrogen-bond donors (Lipinski definition) is 1. The Hall–Kier alpha value is -0.860. The van der Waals surface area contributed by atoms with Crippen molar-refractivity contribution < 1.29 is 0 Å². The van der Waals surface area contributed by atoms with E-state index >= 15 is 0 Å². The van der Waals surface area contributed by atoms with E-state index in [-0.39, 0.29) is 0 Å². The molecule has 0 radical (unpaired) electrons. The van der Waals surface area contributed by atoms with Gasteiger partial charge in [0.2, 0.25) is 0 Å². The first-order chi connectivity index (χ1) is 8.59. The molecule has 1 aliphatic heterocycles. The first kappa shape index (κ1) is 13.6. The second-order valence-electron chi connectivity index (χ2n) is 5.86. The molecule has 0 aliphatic carbocycles. The second-order valence-corrected chi connectivity index (χ2v) is 5.86. The van der Waals surface area contributed by atoms with E-state index in [1.54, 1.807) is 0 Å². The molecule has 1 aromatic rings. The summed E-state index contributed by atoms with van der Waals surface area (Å²) in [5.41, 5.74) is 4.31. The van der Waals surface area contributed by atoms with Crippen LogP contribution >= 0.6 is 0 Å². The maximum Gasteiger partial charge on any atom is 0.0373 e. The summed E-state index contributed by atoms with van der Waals surface area (Å²) in [5.74, 6) is 0.780. The van der Waals surface area contributed by atoms with E-state index in [2.05, 4.69) is 56.4 Å². The third-order valence-electron chi connectivity index (χ3n) is 4.13. The Bertz CT molecular complexity index is 392. The summed E-state index contributed by atoms with van der Waals surface area (Å²) < 4.78 is 0. The third-order valence-corrected chi connectivity index (χ3v) is 4.13. The van der Waals surface area contributed by atoms with Crippen molar-refractivity contribution in [2.24, 2.45) is 5.92 Å². The van der Waals surface area contributed by atoms with E-state index in [1.165, 1.54) is 42.6 Å². The minimum atomic E-state index is 0.563. The van der Waals surface area contributed by atoms with E-state index in [0.29, 0.717) is 6.04 Å². The molecule has 0 saturated carbocycles. The van der Waals surface area contributed by atoms with Crippen molar-refractivity contribution >= 4 is 0 Å². The number of piperidine rings is 1. The van der Waals surface area contributed by atoms with Gasteiger partial charge >= 0.3 is 0 Å². The first-order valence-electron chi connectivity index (χ1n) is 7.04. The van der Waals surface area contributed by atoms with Crippen LogP contribution < -0.4 is 5.32 Å². The van der Waals surface area contributed by atoms with Crippen molar-refractivity contribution in [1.82, 2.24) is 10.2 Å². The first-order valence-corrected chi connectivity index (χ1v) is 7.04. The Morgan fingerprint density at radius 1 is 1.17 bits per heavy atom. The van der Waals surface area contributed by atoms with Crippen LogP contribution in [0.2, 0.25) is 0 Å². The molecule has 100 valence electrons. The van der Waals surface area contributed by atoms with Crippen LogP contribution in [0, 0.1) is 19.8 Å². The molecule has 0 amide bonds. The molecule has 1 aromatic carbocycles. The average molecular weight is 246 g/mol. The fourth-order valence-corrected chi connectivity index (χ4v) is 3.27. The van der Waals surface area contributed by atoms with Gasteiger partial charge in [0.15, 0.2) is 0 Å². The normalized spacial score (nSPS) is 19.2. The molecule has 1 saturated heterocycles. The lowest BCUT2D eigenvalue weighted by atomic mass is 9.83. The average Bonchev–Trinajstić information content (AvgIpc) is 2.33. The van der Waals surface area contributed by atoms with Gasteiger partial charge in [0.25, 0.3) is 0 Å². The van der Waals surface area contributed by atoms with Gasteiger partial charge < -0.3 is 10.2 Å². The van der Waals surface area contributed by atoms with Gasteiger partial charge in [0.05, 0.1) is 0 Å². The quantitative estimate of drug-likeness (QED) is 0.882. The molecule has 1 N–H and O–H groups in total. The van der Waals surface area contributed by atoms with Crippen LogP contribution in [-0.4, -0.2) is 32.1 Å². The lowest BCUT2D eigenvalue weighted by Crippen LogP contribution is -2.36. The van der Waals surface area contributed by atoms with E-state index in [0.717, 1.165) is 5.92 Å². The minimum Gasteiger partial charge on any atom is -0.317 e. The van der Waals surface area contributed by atoms with Crippen molar-refractivity contribution in [2.75, 3.05) is 27.2 Å². The second kappa shape index (κ2) is 5.85. The lowest BCUT2D eigenvalue weighted by molar-refractivity contribution is 0.177. The summed E-state index contributed by atoms with van der Waals surface area (Å²) in [6.07, 6.45) is 2.58. The van der Waals surface area contributed by atoms with E-state index < -0.39 is 0 Å². The predicted octanol–water partition coefficient (Wildman–Crippen LogP) is 2.91. The van der Waals surface area contributed by atoms with E-state index in [9.17, 15) is 0 Å². The summed E-state index contributed by atoms with van der Waals surface area (Å²) in [7, 11) is 4.43. The Morgan fingerprint density at radius 2 is 1.83 bits per heavy atom. The lowest BCUT2D eigenvalue weighted by Gasteiger charge is -2.36. The van der Waals surface area contributed by atoms with Gasteiger partial charge in [0, 0.05) is 6.04 Å². The molecule has 1 atom stereocenters. The van der Waals surface area contributed by atoms with Crippen molar-refractivity contribution in [3.8, 4) is 0 Å². The standard InChI is InChI=1S/C16H26N2/c1-12-5-6-15(13(2)11-12)16(18(3)4)14-7-9-17-10-8-14/h5-6,11,14,16-17H,7-10H2,1-4H3. The molecule has 0 bridgehead atoms. The van der Waals surface area contributed by atoms with Gasteiger partial charge in [-0.15, -0.1) is 0 Å². The highest BCUT2D eigenvalue weighted by Gasteiger charge is 2.27. The summed E-state index contributed by atoms with van der Waals surface area (Å²) in [6.45, 7) is 6.76. The largest absolute Gasteiger partial charge is 0.317 e. The molecule has 0 aromatic heterocycles. The summed E-state index contributed by atoms with van der Waals surface area (Å²) in [5, 5.41) is 3.47. The highest BCUT2D eigenvalue weighted by molar-refractivity contribution is 5.33. The Morgan fingerprint density at radius 3 is 2.39 bits per heavy atom. The molecule has 18 heavy (non-hydrogen) atoms. The van der Waals surface area contributed by atoms with Crippen LogP contribution in [-0.2, 0) is 0 Å². The zero-order chi connectivity index (χ0) is 13.1. The molecule has 2 nitrogen and oxygen atoms in total. The molecule has 2 heteroatoms. The molecule has 1 fully saturated rings. The van der Waals surface area contributed by atoms with Crippen LogP contribution in [0.5, 0.6) is 0 Å². The number of nitrogens with one attached hydrogen (secondary N) is 1. The van der Waals surface area contributed by atoms with Crippen molar-refractivity contribution in [1.29, 1.82) is 0 Å². The van der Waals surface area contributed by atoms with Crippen LogP contribution in [0.1, 0.15) is 35.6 Å². The Labute approximate surface area is 111 Å². The number of benzene rings is 1. The fourth-order valence-electron chi connectivity index (χ4n) is 3.27. The number of hydrogen-bond acceptors (Lipinski definition) is 2. The van der Waals surface area contributed by atoms with E-state index in [1.807, 2.05) is 0 Å². The molecule has 1 heterocycles. The number of aryl methyl sites for hydroxylation is 2. The third kappa shape index (κ3) is 2.93. The number of nitrogens with zero attached hydrogens (tertiary/aromatic N) is 1. The van der Waals surface area contributed by atoms with Gasteiger partial charge in [-0.25, -0.2) is 0 Å². The van der Waals surface area contributed by atoms with E-state index in [4.69, 9.17) is 0 Å². The topological polar surface area (TPSA) is 15.3 Å². The molecule has 0 spiro atoms. The van der Waals surface area contributed by atoms with Crippen molar-refractivity contribution in [3.63, 3.8) is 0 Å². The maximum atomic E-state index is 3.47. The summed E-state index contributed by atoms with van der Waals surface area (Å²) >= 11 is 0.